The summed E-state index contributed by atoms with van der Waals surface area (Å²) in [6.45, 7) is 2.12. The lowest BCUT2D eigenvalue weighted by atomic mass is 10.0. The number of benzene rings is 2. The van der Waals surface area contributed by atoms with E-state index in [2.05, 4.69) is 5.32 Å². The first-order chi connectivity index (χ1) is 14.4. The summed E-state index contributed by atoms with van der Waals surface area (Å²) < 4.78 is 74.4. The second-order valence-corrected chi connectivity index (χ2v) is 9.29. The third-order valence-corrected chi connectivity index (χ3v) is 5.74. The molecule has 0 aliphatic carbocycles. The Morgan fingerprint density at radius 1 is 1.19 bits per heavy atom. The average molecular weight is 460 g/mol. The van der Waals surface area contributed by atoms with Crippen molar-refractivity contribution in [2.75, 3.05) is 35.9 Å². The Kier molecular flexibility index (Phi) is 6.28. The Balaban J connectivity index is 2.10. The Morgan fingerprint density at radius 3 is 2.48 bits per heavy atom. The first kappa shape index (κ1) is 23.0. The van der Waals surface area contributed by atoms with Gasteiger partial charge in [0, 0.05) is 6.26 Å². The first-order valence-corrected chi connectivity index (χ1v) is 11.4. The smallest absolute Gasteiger partial charge is 0.416 e. The maximum absolute atomic E-state index is 13.1. The molecule has 0 spiro atoms. The summed E-state index contributed by atoms with van der Waals surface area (Å²) in [5, 5.41) is 13.2. The number of hydrogen-bond donors (Lipinski definition) is 2. The normalized spacial score (nSPS) is 17.1. The molecule has 7 nitrogen and oxygen atoms in total. The summed E-state index contributed by atoms with van der Waals surface area (Å²) in [6.07, 6.45) is -4.93. The van der Waals surface area contributed by atoms with E-state index in [9.17, 15) is 26.7 Å². The van der Waals surface area contributed by atoms with E-state index in [4.69, 9.17) is 9.47 Å². The number of rotatable bonds is 7. The van der Waals surface area contributed by atoms with Crippen LogP contribution in [0.3, 0.4) is 0 Å². The quantitative estimate of drug-likeness (QED) is 0.655. The van der Waals surface area contributed by atoms with Gasteiger partial charge in [0.05, 0.1) is 42.4 Å². The fourth-order valence-electron chi connectivity index (χ4n) is 3.52. The zero-order valence-electron chi connectivity index (χ0n) is 17.1. The van der Waals surface area contributed by atoms with E-state index in [1.54, 1.807) is 25.1 Å². The molecule has 1 heterocycles. The molecule has 0 fully saturated rings. The molecule has 3 rings (SSSR count). The monoisotopic (exact) mass is 460 g/mol. The van der Waals surface area contributed by atoms with Gasteiger partial charge in [0.15, 0.2) is 11.5 Å². The van der Waals surface area contributed by atoms with Crippen LogP contribution in [0, 0.1) is 0 Å². The van der Waals surface area contributed by atoms with Gasteiger partial charge < -0.3 is 24.8 Å². The Morgan fingerprint density at radius 2 is 1.90 bits per heavy atom. The van der Waals surface area contributed by atoms with Gasteiger partial charge in [-0.05, 0) is 42.8 Å². The number of nitrogens with one attached hydrogen (secondary N) is 1. The van der Waals surface area contributed by atoms with Crippen LogP contribution >= 0.6 is 0 Å². The Labute approximate surface area is 178 Å². The number of ether oxygens (including phenoxy) is 2. The predicted octanol–water partition coefficient (Wildman–Crippen LogP) is 3.41. The highest BCUT2D eigenvalue weighted by Gasteiger charge is 2.38. The highest BCUT2D eigenvalue weighted by molar-refractivity contribution is 7.90. The molecule has 0 saturated heterocycles. The molecule has 0 amide bonds. The minimum Gasteiger partial charge on any atom is -0.493 e. The van der Waals surface area contributed by atoms with Crippen LogP contribution in [0.25, 0.3) is 0 Å². The van der Waals surface area contributed by atoms with E-state index in [0.717, 1.165) is 18.4 Å². The number of anilines is 2. The molecule has 170 valence electrons. The van der Waals surface area contributed by atoms with Crippen LogP contribution in [-0.2, 0) is 16.0 Å². The lowest BCUT2D eigenvalue weighted by Crippen LogP contribution is -2.41. The Bertz CT molecular complexity index is 1060. The number of aliphatic hydroxyl groups excluding tert-OH is 1. The lowest BCUT2D eigenvalue weighted by Gasteiger charge is -2.32. The van der Waals surface area contributed by atoms with Gasteiger partial charge in [0.2, 0.25) is 6.35 Å². The van der Waals surface area contributed by atoms with Crippen molar-refractivity contribution in [3.05, 3.63) is 47.5 Å². The molecular formula is C20H23F3N2O5S. The van der Waals surface area contributed by atoms with Gasteiger partial charge in [-0.25, -0.2) is 8.42 Å². The fraction of sp³-hybridized carbons (Fsp3) is 0.400. The summed E-state index contributed by atoms with van der Waals surface area (Å²) >= 11 is 0. The van der Waals surface area contributed by atoms with Crippen molar-refractivity contribution in [2.45, 2.75) is 25.5 Å². The van der Waals surface area contributed by atoms with Crippen LogP contribution in [0.1, 0.15) is 24.1 Å². The molecule has 0 bridgehead atoms. The highest BCUT2D eigenvalue weighted by Crippen LogP contribution is 2.44. The van der Waals surface area contributed by atoms with Crippen molar-refractivity contribution in [1.82, 2.24) is 0 Å². The number of nitrogens with zero attached hydrogens (tertiary/aromatic N) is 1. The van der Waals surface area contributed by atoms with Gasteiger partial charge >= 0.3 is 6.18 Å². The molecule has 2 aromatic carbocycles. The topological polar surface area (TPSA) is 88.1 Å². The largest absolute Gasteiger partial charge is 0.493 e. The van der Waals surface area contributed by atoms with Crippen LogP contribution in [0.15, 0.2) is 36.4 Å². The van der Waals surface area contributed by atoms with E-state index >= 15 is 0 Å². The number of halogens is 3. The van der Waals surface area contributed by atoms with Gasteiger partial charge in [0.1, 0.15) is 9.84 Å². The predicted molar refractivity (Wildman–Crippen MR) is 110 cm³/mol. The van der Waals surface area contributed by atoms with Crippen molar-refractivity contribution in [2.24, 2.45) is 0 Å². The van der Waals surface area contributed by atoms with Crippen LogP contribution in [0.5, 0.6) is 11.5 Å². The van der Waals surface area contributed by atoms with Crippen LogP contribution < -0.4 is 19.7 Å². The molecule has 0 aromatic heterocycles. The summed E-state index contributed by atoms with van der Waals surface area (Å²) in [5.74, 6) is 0.443. The van der Waals surface area contributed by atoms with Crippen LogP contribution in [0.4, 0.5) is 24.5 Å². The van der Waals surface area contributed by atoms with Crippen molar-refractivity contribution in [1.29, 1.82) is 0 Å². The molecule has 11 heteroatoms. The zero-order chi connectivity index (χ0) is 23.0. The Hall–Kier alpha value is -2.66. The number of alkyl halides is 3. The van der Waals surface area contributed by atoms with Gasteiger partial charge in [-0.3, -0.25) is 0 Å². The maximum Gasteiger partial charge on any atom is 0.416 e. The standard InChI is InChI=1S/C20H23F3N2O5S/c1-4-30-18-9-12(5-8-17(18)29-2)16(11-31(3,27)28)25-15-7-6-13(20(21,22)23)10-14(15)24-19(25)26/h5-10,16,19,24,26H,4,11H2,1-3H3/t16-,19?/m1/s1. The molecule has 0 radical (unpaired) electrons. The van der Waals surface area contributed by atoms with E-state index in [-0.39, 0.29) is 17.1 Å². The second kappa shape index (κ2) is 8.46. The van der Waals surface area contributed by atoms with E-state index in [1.807, 2.05) is 0 Å². The molecule has 1 unspecified atom stereocenters. The van der Waals surface area contributed by atoms with Crippen molar-refractivity contribution >= 4 is 21.2 Å². The van der Waals surface area contributed by atoms with E-state index in [1.165, 1.54) is 18.1 Å². The SMILES string of the molecule is CCOc1cc([C@@H](CS(C)(=O)=O)N2c3ccc(C(F)(F)F)cc3NC2O)ccc1OC. The molecule has 1 aliphatic rings. The number of aliphatic hydroxyl groups is 1. The van der Waals surface area contributed by atoms with Crippen molar-refractivity contribution in [3.8, 4) is 11.5 Å². The third-order valence-electron chi connectivity index (χ3n) is 4.82. The number of fused-ring (bicyclic) bond motifs is 1. The molecule has 2 aromatic rings. The van der Waals surface area contributed by atoms with E-state index < -0.39 is 34.0 Å². The van der Waals surface area contributed by atoms with Crippen molar-refractivity contribution < 1.29 is 36.2 Å². The van der Waals surface area contributed by atoms with Crippen LogP contribution in [0.2, 0.25) is 0 Å². The summed E-state index contributed by atoms with van der Waals surface area (Å²) in [4.78, 5) is 1.34. The third kappa shape index (κ3) is 4.99. The highest BCUT2D eigenvalue weighted by atomic mass is 32.2. The number of methoxy groups -OCH3 is 1. The van der Waals surface area contributed by atoms with Gasteiger partial charge in [0.25, 0.3) is 0 Å². The minimum absolute atomic E-state index is 0.0550. The summed E-state index contributed by atoms with van der Waals surface area (Å²) in [6, 6.07) is 6.93. The number of hydrogen-bond acceptors (Lipinski definition) is 7. The van der Waals surface area contributed by atoms with Gasteiger partial charge in [-0.2, -0.15) is 13.2 Å². The molecule has 2 atom stereocenters. The van der Waals surface area contributed by atoms with Gasteiger partial charge in [-0.15, -0.1) is 0 Å². The molecule has 2 N–H and O–H groups in total. The van der Waals surface area contributed by atoms with Crippen LogP contribution in [-0.4, -0.2) is 45.6 Å². The summed E-state index contributed by atoms with van der Waals surface area (Å²) in [7, 11) is -2.07. The van der Waals surface area contributed by atoms with Gasteiger partial charge in [-0.1, -0.05) is 6.07 Å². The molecular weight excluding hydrogens is 437 g/mol. The second-order valence-electron chi connectivity index (χ2n) is 7.11. The fourth-order valence-corrected chi connectivity index (χ4v) is 4.45. The van der Waals surface area contributed by atoms with Crippen molar-refractivity contribution in [3.63, 3.8) is 0 Å². The number of sulfone groups is 1. The zero-order valence-corrected chi connectivity index (χ0v) is 17.9. The molecule has 0 saturated carbocycles. The molecule has 31 heavy (non-hydrogen) atoms. The molecule has 1 aliphatic heterocycles. The van der Waals surface area contributed by atoms with E-state index in [0.29, 0.717) is 23.7 Å². The minimum atomic E-state index is -4.55. The maximum atomic E-state index is 13.1. The first-order valence-electron chi connectivity index (χ1n) is 9.37. The summed E-state index contributed by atoms with van der Waals surface area (Å²) in [5.41, 5.74) is -0.0823. The average Bonchev–Trinajstić information content (AvgIpc) is 2.99. The lowest BCUT2D eigenvalue weighted by molar-refractivity contribution is -0.137.